The molecular formula is C10H11Cl. The van der Waals surface area contributed by atoms with E-state index in [0.29, 0.717) is 5.03 Å². The number of hydrogen-bond donors (Lipinski definition) is 0. The average Bonchev–Trinajstić information content (AvgIpc) is 2.05. The van der Waals surface area contributed by atoms with E-state index in [1.807, 2.05) is 12.1 Å². The molecule has 0 bridgehead atoms. The topological polar surface area (TPSA) is 0 Å². The van der Waals surface area contributed by atoms with Gasteiger partial charge in [0.15, 0.2) is 0 Å². The van der Waals surface area contributed by atoms with Gasteiger partial charge in [0.1, 0.15) is 0 Å². The van der Waals surface area contributed by atoms with Gasteiger partial charge in [-0.1, -0.05) is 49.4 Å². The van der Waals surface area contributed by atoms with Crippen molar-refractivity contribution in [3.8, 4) is 0 Å². The highest BCUT2D eigenvalue weighted by atomic mass is 35.5. The Bertz CT molecular complexity index is 246. The van der Waals surface area contributed by atoms with Gasteiger partial charge in [-0.3, -0.25) is 0 Å². The zero-order chi connectivity index (χ0) is 8.27. The Kier molecular flexibility index (Phi) is 2.72. The summed E-state index contributed by atoms with van der Waals surface area (Å²) in [4.78, 5) is 0. The highest BCUT2D eigenvalue weighted by molar-refractivity contribution is 6.48. The van der Waals surface area contributed by atoms with Crippen LogP contribution in [0.2, 0.25) is 0 Å². The van der Waals surface area contributed by atoms with Crippen LogP contribution in [0.1, 0.15) is 18.1 Å². The highest BCUT2D eigenvalue weighted by Crippen LogP contribution is 2.16. The fraction of sp³-hybridized carbons (Fsp3) is 0.200. The lowest BCUT2D eigenvalue weighted by Crippen LogP contribution is -1.80. The SMILES string of the molecule is C=C(Cl)c1ccc(CC)cc1. The van der Waals surface area contributed by atoms with E-state index in [4.69, 9.17) is 11.6 Å². The first-order chi connectivity index (χ1) is 5.24. The van der Waals surface area contributed by atoms with Gasteiger partial charge < -0.3 is 0 Å². The average molecular weight is 167 g/mol. The zero-order valence-electron chi connectivity index (χ0n) is 6.60. The Morgan fingerprint density at radius 2 is 1.91 bits per heavy atom. The van der Waals surface area contributed by atoms with Crippen molar-refractivity contribution in [1.82, 2.24) is 0 Å². The van der Waals surface area contributed by atoms with Crippen molar-refractivity contribution in [2.24, 2.45) is 0 Å². The molecule has 1 rings (SSSR count). The lowest BCUT2D eigenvalue weighted by Gasteiger charge is -1.98. The number of rotatable bonds is 2. The molecule has 1 aromatic rings. The molecule has 0 saturated carbocycles. The minimum Gasteiger partial charge on any atom is -0.0843 e. The molecule has 0 atom stereocenters. The first kappa shape index (κ1) is 8.35. The van der Waals surface area contributed by atoms with Gasteiger partial charge in [0.05, 0.1) is 0 Å². The fourth-order valence-corrected chi connectivity index (χ4v) is 1.05. The van der Waals surface area contributed by atoms with Gasteiger partial charge in [-0.15, -0.1) is 0 Å². The van der Waals surface area contributed by atoms with E-state index in [0.717, 1.165) is 12.0 Å². The summed E-state index contributed by atoms with van der Waals surface area (Å²) in [5.41, 5.74) is 2.33. The Labute approximate surface area is 72.5 Å². The molecule has 0 saturated heterocycles. The lowest BCUT2D eigenvalue weighted by molar-refractivity contribution is 1.14. The Hall–Kier alpha value is -0.750. The molecule has 0 N–H and O–H groups in total. The second-order valence-corrected chi connectivity index (χ2v) is 2.91. The van der Waals surface area contributed by atoms with E-state index in [1.54, 1.807) is 0 Å². The maximum atomic E-state index is 5.70. The van der Waals surface area contributed by atoms with Crippen molar-refractivity contribution in [3.05, 3.63) is 42.0 Å². The van der Waals surface area contributed by atoms with Crippen LogP contribution in [0.5, 0.6) is 0 Å². The summed E-state index contributed by atoms with van der Waals surface area (Å²) in [5, 5.41) is 0.604. The summed E-state index contributed by atoms with van der Waals surface area (Å²) in [6, 6.07) is 8.13. The van der Waals surface area contributed by atoms with Gasteiger partial charge in [0.25, 0.3) is 0 Å². The standard InChI is InChI=1S/C10H11Cl/c1-3-9-4-6-10(7-5-9)8(2)11/h4-7H,2-3H2,1H3. The van der Waals surface area contributed by atoms with Crippen molar-refractivity contribution in [1.29, 1.82) is 0 Å². The van der Waals surface area contributed by atoms with Crippen LogP contribution in [-0.2, 0) is 6.42 Å². The summed E-state index contributed by atoms with van der Waals surface area (Å²) in [5.74, 6) is 0. The Morgan fingerprint density at radius 3 is 2.27 bits per heavy atom. The van der Waals surface area contributed by atoms with Gasteiger partial charge in [-0.2, -0.15) is 0 Å². The first-order valence-corrected chi connectivity index (χ1v) is 4.05. The number of aryl methyl sites for hydroxylation is 1. The summed E-state index contributed by atoms with van der Waals surface area (Å²) >= 11 is 5.70. The quantitative estimate of drug-likeness (QED) is 0.631. The van der Waals surface area contributed by atoms with Gasteiger partial charge in [0, 0.05) is 5.03 Å². The van der Waals surface area contributed by atoms with Crippen molar-refractivity contribution < 1.29 is 0 Å². The molecule has 0 aliphatic carbocycles. The zero-order valence-corrected chi connectivity index (χ0v) is 7.36. The Morgan fingerprint density at radius 1 is 1.36 bits per heavy atom. The van der Waals surface area contributed by atoms with Crippen molar-refractivity contribution >= 4 is 16.6 Å². The molecule has 0 fully saturated rings. The van der Waals surface area contributed by atoms with Crippen LogP contribution < -0.4 is 0 Å². The van der Waals surface area contributed by atoms with Gasteiger partial charge in [0.2, 0.25) is 0 Å². The molecule has 0 radical (unpaired) electrons. The van der Waals surface area contributed by atoms with Crippen LogP contribution in [-0.4, -0.2) is 0 Å². The van der Waals surface area contributed by atoms with E-state index < -0.39 is 0 Å². The number of halogens is 1. The van der Waals surface area contributed by atoms with Crippen LogP contribution in [0.15, 0.2) is 30.8 Å². The normalized spacial score (nSPS) is 9.64. The predicted molar refractivity (Wildman–Crippen MR) is 50.7 cm³/mol. The fourth-order valence-electron chi connectivity index (χ4n) is 0.921. The third kappa shape index (κ3) is 2.09. The summed E-state index contributed by atoms with van der Waals surface area (Å²) < 4.78 is 0. The summed E-state index contributed by atoms with van der Waals surface area (Å²) in [6.07, 6.45) is 1.06. The third-order valence-corrected chi connectivity index (χ3v) is 1.89. The monoisotopic (exact) mass is 166 g/mol. The van der Waals surface area contributed by atoms with E-state index >= 15 is 0 Å². The largest absolute Gasteiger partial charge is 0.0843 e. The van der Waals surface area contributed by atoms with Crippen molar-refractivity contribution in [2.75, 3.05) is 0 Å². The Balaban J connectivity index is 2.91. The van der Waals surface area contributed by atoms with Crippen LogP contribution >= 0.6 is 11.6 Å². The molecule has 1 aromatic carbocycles. The lowest BCUT2D eigenvalue weighted by atomic mass is 10.1. The maximum absolute atomic E-state index is 5.70. The maximum Gasteiger partial charge on any atom is 0.0406 e. The van der Waals surface area contributed by atoms with Crippen LogP contribution in [0.3, 0.4) is 0 Å². The molecule has 0 nitrogen and oxygen atoms in total. The predicted octanol–water partition coefficient (Wildman–Crippen LogP) is 3.46. The van der Waals surface area contributed by atoms with Gasteiger partial charge >= 0.3 is 0 Å². The molecule has 0 aliphatic rings. The van der Waals surface area contributed by atoms with E-state index in [1.165, 1.54) is 5.56 Å². The van der Waals surface area contributed by atoms with Gasteiger partial charge in [-0.05, 0) is 17.5 Å². The molecule has 0 unspecified atom stereocenters. The summed E-state index contributed by atoms with van der Waals surface area (Å²) in [7, 11) is 0. The van der Waals surface area contributed by atoms with E-state index in [2.05, 4.69) is 25.6 Å². The van der Waals surface area contributed by atoms with Crippen LogP contribution in [0.4, 0.5) is 0 Å². The van der Waals surface area contributed by atoms with Crippen molar-refractivity contribution in [3.63, 3.8) is 0 Å². The molecule has 0 heterocycles. The summed E-state index contributed by atoms with van der Waals surface area (Å²) in [6.45, 7) is 5.78. The molecule has 11 heavy (non-hydrogen) atoms. The smallest absolute Gasteiger partial charge is 0.0406 e. The number of benzene rings is 1. The highest BCUT2D eigenvalue weighted by Gasteiger charge is 1.93. The molecule has 0 amide bonds. The van der Waals surface area contributed by atoms with E-state index in [-0.39, 0.29) is 0 Å². The minimum absolute atomic E-state index is 0.604. The third-order valence-electron chi connectivity index (χ3n) is 1.68. The first-order valence-electron chi connectivity index (χ1n) is 3.67. The minimum atomic E-state index is 0.604. The van der Waals surface area contributed by atoms with Crippen LogP contribution in [0, 0.1) is 0 Å². The molecular weight excluding hydrogens is 156 g/mol. The molecule has 58 valence electrons. The molecule has 0 spiro atoms. The van der Waals surface area contributed by atoms with Gasteiger partial charge in [-0.25, -0.2) is 0 Å². The van der Waals surface area contributed by atoms with E-state index in [9.17, 15) is 0 Å². The van der Waals surface area contributed by atoms with Crippen LogP contribution in [0.25, 0.3) is 5.03 Å². The molecule has 0 aromatic heterocycles. The molecule has 0 aliphatic heterocycles. The van der Waals surface area contributed by atoms with Crippen molar-refractivity contribution in [2.45, 2.75) is 13.3 Å². The second kappa shape index (κ2) is 3.59. The molecule has 1 heteroatoms. The second-order valence-electron chi connectivity index (χ2n) is 2.46. The number of hydrogen-bond acceptors (Lipinski definition) is 0.